The predicted molar refractivity (Wildman–Crippen MR) is 75.6 cm³/mol. The number of hydrogen-bond donors (Lipinski definition) is 2. The number of phenols is 1. The first kappa shape index (κ1) is 14.4. The summed E-state index contributed by atoms with van der Waals surface area (Å²) in [5, 5.41) is 19.7. The second-order valence-electron chi connectivity index (χ2n) is 6.22. The maximum absolute atomic E-state index is 10.5. The van der Waals surface area contributed by atoms with E-state index in [1.807, 2.05) is 6.92 Å². The van der Waals surface area contributed by atoms with E-state index in [-0.39, 0.29) is 18.1 Å². The largest absolute Gasteiger partial charge is 0.507 e. The van der Waals surface area contributed by atoms with Crippen molar-refractivity contribution < 1.29 is 14.9 Å². The van der Waals surface area contributed by atoms with Crippen molar-refractivity contribution in [1.82, 2.24) is 0 Å². The van der Waals surface area contributed by atoms with Gasteiger partial charge in [-0.3, -0.25) is 0 Å². The van der Waals surface area contributed by atoms with Gasteiger partial charge in [0.1, 0.15) is 5.75 Å². The third-order valence-corrected chi connectivity index (χ3v) is 4.48. The van der Waals surface area contributed by atoms with Crippen LogP contribution >= 0.6 is 0 Å². The van der Waals surface area contributed by atoms with E-state index in [1.54, 1.807) is 7.11 Å². The molecule has 1 aromatic rings. The number of methoxy groups -OCH3 is 1. The van der Waals surface area contributed by atoms with Crippen molar-refractivity contribution in [2.24, 2.45) is 5.41 Å². The molecule has 0 saturated heterocycles. The first-order valence-electron chi connectivity index (χ1n) is 6.82. The van der Waals surface area contributed by atoms with E-state index < -0.39 is 0 Å². The molecule has 0 spiro atoms. The average Bonchev–Trinajstić information content (AvgIpc) is 2.63. The highest BCUT2D eigenvalue weighted by Crippen LogP contribution is 2.52. The Kier molecular flexibility index (Phi) is 3.63. The van der Waals surface area contributed by atoms with Gasteiger partial charge in [-0.25, -0.2) is 0 Å². The van der Waals surface area contributed by atoms with Crippen LogP contribution in [0, 0.1) is 19.3 Å². The van der Waals surface area contributed by atoms with Crippen LogP contribution < -0.4 is 0 Å². The molecule has 106 valence electrons. The molecule has 0 bridgehead atoms. The van der Waals surface area contributed by atoms with Crippen molar-refractivity contribution in [3.63, 3.8) is 0 Å². The van der Waals surface area contributed by atoms with Gasteiger partial charge in [0.15, 0.2) is 0 Å². The van der Waals surface area contributed by atoms with E-state index in [0.29, 0.717) is 12.2 Å². The summed E-state index contributed by atoms with van der Waals surface area (Å²) >= 11 is 0. The molecule has 1 aliphatic rings. The summed E-state index contributed by atoms with van der Waals surface area (Å²) in [6.07, 6.45) is 1.41. The minimum Gasteiger partial charge on any atom is -0.507 e. The number of aliphatic hydroxyl groups is 1. The average molecular weight is 264 g/mol. The van der Waals surface area contributed by atoms with Crippen molar-refractivity contribution in [1.29, 1.82) is 0 Å². The molecule has 0 aromatic heterocycles. The molecule has 0 saturated carbocycles. The molecule has 1 aromatic carbocycles. The van der Waals surface area contributed by atoms with Crippen LogP contribution in [0.1, 0.15) is 47.8 Å². The Morgan fingerprint density at radius 3 is 2.42 bits per heavy atom. The van der Waals surface area contributed by atoms with E-state index in [2.05, 4.69) is 20.8 Å². The van der Waals surface area contributed by atoms with E-state index in [4.69, 9.17) is 4.74 Å². The Labute approximate surface area is 115 Å². The Hall–Kier alpha value is -1.06. The maximum Gasteiger partial charge on any atom is 0.122 e. The van der Waals surface area contributed by atoms with Crippen molar-refractivity contribution in [3.8, 4) is 5.75 Å². The third kappa shape index (κ3) is 2.05. The van der Waals surface area contributed by atoms with Gasteiger partial charge >= 0.3 is 0 Å². The highest BCUT2D eigenvalue weighted by molar-refractivity contribution is 5.58. The van der Waals surface area contributed by atoms with Gasteiger partial charge in [0.2, 0.25) is 0 Å². The fraction of sp³-hybridized carbons (Fsp3) is 0.625. The molecule has 2 N–H and O–H groups in total. The van der Waals surface area contributed by atoms with Crippen LogP contribution in [0.15, 0.2) is 0 Å². The summed E-state index contributed by atoms with van der Waals surface area (Å²) in [5.41, 5.74) is 5.25. The number of fused-ring (bicyclic) bond motifs is 1. The van der Waals surface area contributed by atoms with Crippen molar-refractivity contribution in [3.05, 3.63) is 27.8 Å². The van der Waals surface area contributed by atoms with E-state index >= 15 is 0 Å². The normalized spacial score (nSPS) is 20.6. The molecule has 3 nitrogen and oxygen atoms in total. The van der Waals surface area contributed by atoms with Crippen LogP contribution in [0.4, 0.5) is 0 Å². The predicted octanol–water partition coefficient (Wildman–Crippen LogP) is 2.81. The van der Waals surface area contributed by atoms with Gasteiger partial charge in [-0.2, -0.15) is 0 Å². The third-order valence-electron chi connectivity index (χ3n) is 4.48. The SMILES string of the molecule is CO[C@@H]1c2c(C)c(CCO)c(C)c(O)c2CC1(C)C. The summed E-state index contributed by atoms with van der Waals surface area (Å²) < 4.78 is 5.69. The topological polar surface area (TPSA) is 49.7 Å². The molecular weight excluding hydrogens is 240 g/mol. The number of phenolic OH excluding ortho intramolecular Hbond substituents is 1. The molecule has 1 aliphatic carbocycles. The Balaban J connectivity index is 2.69. The lowest BCUT2D eigenvalue weighted by atomic mass is 9.86. The van der Waals surface area contributed by atoms with Crippen LogP contribution in [0.3, 0.4) is 0 Å². The fourth-order valence-electron chi connectivity index (χ4n) is 3.56. The van der Waals surface area contributed by atoms with Crippen LogP contribution in [0.5, 0.6) is 5.75 Å². The molecule has 19 heavy (non-hydrogen) atoms. The van der Waals surface area contributed by atoms with Crippen molar-refractivity contribution >= 4 is 0 Å². The lowest BCUT2D eigenvalue weighted by molar-refractivity contribution is 0.0186. The van der Waals surface area contributed by atoms with Crippen LogP contribution in [-0.4, -0.2) is 23.9 Å². The molecule has 0 radical (unpaired) electrons. The van der Waals surface area contributed by atoms with Gasteiger partial charge in [-0.15, -0.1) is 0 Å². The molecule has 0 fully saturated rings. The van der Waals surface area contributed by atoms with E-state index in [9.17, 15) is 10.2 Å². The second-order valence-corrected chi connectivity index (χ2v) is 6.22. The molecule has 0 unspecified atom stereocenters. The maximum atomic E-state index is 10.5. The van der Waals surface area contributed by atoms with Crippen LogP contribution in [-0.2, 0) is 17.6 Å². The smallest absolute Gasteiger partial charge is 0.122 e. The van der Waals surface area contributed by atoms with Crippen molar-refractivity contribution in [2.75, 3.05) is 13.7 Å². The highest BCUT2D eigenvalue weighted by Gasteiger charge is 2.42. The van der Waals surface area contributed by atoms with Crippen LogP contribution in [0.25, 0.3) is 0 Å². The summed E-state index contributed by atoms with van der Waals surface area (Å²) in [5.74, 6) is 0.386. The van der Waals surface area contributed by atoms with Gasteiger partial charge < -0.3 is 14.9 Å². The van der Waals surface area contributed by atoms with Gasteiger partial charge in [0, 0.05) is 19.3 Å². The van der Waals surface area contributed by atoms with Gasteiger partial charge in [0.05, 0.1) is 6.10 Å². The highest BCUT2D eigenvalue weighted by atomic mass is 16.5. The Morgan fingerprint density at radius 1 is 1.26 bits per heavy atom. The minimum absolute atomic E-state index is 0.00597. The van der Waals surface area contributed by atoms with Gasteiger partial charge in [-0.1, -0.05) is 13.8 Å². The zero-order valence-corrected chi connectivity index (χ0v) is 12.5. The zero-order chi connectivity index (χ0) is 14.4. The van der Waals surface area contributed by atoms with Gasteiger partial charge in [0.25, 0.3) is 0 Å². The van der Waals surface area contributed by atoms with Crippen LogP contribution in [0.2, 0.25) is 0 Å². The number of hydrogen-bond acceptors (Lipinski definition) is 3. The molecule has 2 rings (SSSR count). The number of aliphatic hydroxyl groups excluding tert-OH is 1. The zero-order valence-electron chi connectivity index (χ0n) is 12.5. The molecule has 1 atom stereocenters. The molecule has 0 heterocycles. The lowest BCUT2D eigenvalue weighted by Gasteiger charge is -2.27. The monoisotopic (exact) mass is 264 g/mol. The minimum atomic E-state index is -0.0103. The number of ether oxygens (including phenoxy) is 1. The second kappa shape index (κ2) is 4.80. The van der Waals surface area contributed by atoms with E-state index in [0.717, 1.165) is 34.2 Å². The summed E-state index contributed by atoms with van der Waals surface area (Å²) in [4.78, 5) is 0. The molecule has 3 heteroatoms. The lowest BCUT2D eigenvalue weighted by Crippen LogP contribution is -2.19. The Morgan fingerprint density at radius 2 is 1.89 bits per heavy atom. The van der Waals surface area contributed by atoms with E-state index in [1.165, 1.54) is 0 Å². The fourth-order valence-corrected chi connectivity index (χ4v) is 3.56. The van der Waals surface area contributed by atoms with Gasteiger partial charge in [-0.05, 0) is 54.4 Å². The molecule has 0 aliphatic heterocycles. The summed E-state index contributed by atoms with van der Waals surface area (Å²) in [6, 6.07) is 0. The summed E-state index contributed by atoms with van der Waals surface area (Å²) in [6.45, 7) is 8.44. The van der Waals surface area contributed by atoms with Crippen molar-refractivity contribution in [2.45, 2.75) is 46.6 Å². The number of rotatable bonds is 3. The molecule has 0 amide bonds. The number of aromatic hydroxyl groups is 1. The molecular formula is C16H24O3. The first-order valence-corrected chi connectivity index (χ1v) is 6.82. The first-order chi connectivity index (χ1) is 8.85. The summed E-state index contributed by atoms with van der Waals surface area (Å²) in [7, 11) is 1.73. The Bertz CT molecular complexity index is 503. The quantitative estimate of drug-likeness (QED) is 0.882. The standard InChI is InChI=1S/C16H24O3/c1-9-11(6-7-17)10(2)14(18)12-8-16(3,4)15(19-5)13(9)12/h15,17-18H,6-8H2,1-5H3/t15-/m1/s1. The number of benzene rings is 1.